The first-order valence-corrected chi connectivity index (χ1v) is 9.05. The first kappa shape index (κ1) is 15.8. The van der Waals surface area contributed by atoms with Gasteiger partial charge in [0.1, 0.15) is 17.5 Å². The molecule has 2 unspecified atom stereocenters. The molecule has 0 bridgehead atoms. The third-order valence-corrected chi connectivity index (χ3v) is 6.87. The van der Waals surface area contributed by atoms with Crippen molar-refractivity contribution in [2.24, 2.45) is 5.73 Å². The smallest absolute Gasteiger partial charge is 0.249 e. The highest BCUT2D eigenvalue weighted by atomic mass is 32.2. The molecule has 3 atom stereocenters. The van der Waals surface area contributed by atoms with Crippen LogP contribution >= 0.6 is 11.8 Å². The van der Waals surface area contributed by atoms with Gasteiger partial charge in [0.15, 0.2) is 5.82 Å². The Bertz CT molecular complexity index is 671. The van der Waals surface area contributed by atoms with Crippen molar-refractivity contribution in [2.75, 3.05) is 0 Å². The molecule has 0 aromatic carbocycles. The molecule has 3 heterocycles. The number of hydrogen-bond donors (Lipinski definition) is 3. The van der Waals surface area contributed by atoms with Crippen LogP contribution < -0.4 is 11.1 Å². The van der Waals surface area contributed by atoms with E-state index in [1.165, 1.54) is 0 Å². The number of carbonyl (C=O) groups is 2. The minimum absolute atomic E-state index is 0.102. The predicted molar refractivity (Wildman–Crippen MR) is 86.5 cm³/mol. The lowest BCUT2D eigenvalue weighted by molar-refractivity contribution is -0.152. The van der Waals surface area contributed by atoms with Gasteiger partial charge in [0.2, 0.25) is 11.8 Å². The van der Waals surface area contributed by atoms with Gasteiger partial charge < -0.3 is 16.0 Å². The van der Waals surface area contributed by atoms with Crippen LogP contribution in [-0.2, 0) is 9.59 Å². The maximum atomic E-state index is 12.7. The minimum atomic E-state index is -0.826. The van der Waals surface area contributed by atoms with Crippen LogP contribution in [0.1, 0.15) is 51.4 Å². The molecule has 3 aliphatic rings. The molecule has 1 aromatic rings. The van der Waals surface area contributed by atoms with Gasteiger partial charge in [-0.25, -0.2) is 5.10 Å². The first-order valence-electron chi connectivity index (χ1n) is 8.17. The zero-order chi connectivity index (χ0) is 17.1. The minimum Gasteiger partial charge on any atom is -0.340 e. The number of nitrogens with one attached hydrogen (secondary N) is 2. The van der Waals surface area contributed by atoms with Crippen molar-refractivity contribution in [3.63, 3.8) is 0 Å². The Morgan fingerprint density at radius 1 is 1.42 bits per heavy atom. The number of hydrogen-bond acceptors (Lipinski definition) is 7. The van der Waals surface area contributed by atoms with Gasteiger partial charge in [0.05, 0.1) is 5.54 Å². The molecule has 24 heavy (non-hydrogen) atoms. The van der Waals surface area contributed by atoms with Crippen LogP contribution in [0.4, 0.5) is 0 Å². The molecule has 9 nitrogen and oxygen atoms in total. The summed E-state index contributed by atoms with van der Waals surface area (Å²) in [7, 11) is 0. The average Bonchev–Trinajstić information content (AvgIpc) is 3.23. The van der Waals surface area contributed by atoms with Crippen LogP contribution in [0.3, 0.4) is 0 Å². The van der Waals surface area contributed by atoms with Crippen molar-refractivity contribution < 1.29 is 9.59 Å². The summed E-state index contributed by atoms with van der Waals surface area (Å²) in [6.45, 7) is 4.10. The monoisotopic (exact) mass is 351 g/mol. The first-order chi connectivity index (χ1) is 11.3. The molecule has 2 saturated heterocycles. The van der Waals surface area contributed by atoms with E-state index >= 15 is 0 Å². The van der Waals surface area contributed by atoms with Crippen LogP contribution in [-0.4, -0.2) is 59.0 Å². The Kier molecular flexibility index (Phi) is 3.40. The number of nitrogens with zero attached hydrogens (tertiary/aromatic N) is 4. The quantitative estimate of drug-likeness (QED) is 0.637. The fourth-order valence-electron chi connectivity index (χ4n) is 3.99. The second kappa shape index (κ2) is 5.16. The van der Waals surface area contributed by atoms with Gasteiger partial charge in [-0.05, 0) is 37.1 Å². The third kappa shape index (κ3) is 2.16. The number of amides is 2. The van der Waals surface area contributed by atoms with E-state index in [0.29, 0.717) is 18.7 Å². The van der Waals surface area contributed by atoms with Crippen LogP contribution in [0.5, 0.6) is 0 Å². The van der Waals surface area contributed by atoms with Crippen LogP contribution in [0.2, 0.25) is 0 Å². The van der Waals surface area contributed by atoms with Gasteiger partial charge in [-0.15, -0.1) is 16.9 Å². The number of tetrazole rings is 1. The number of aromatic amines is 1. The van der Waals surface area contributed by atoms with E-state index in [4.69, 9.17) is 5.73 Å². The summed E-state index contributed by atoms with van der Waals surface area (Å²) in [4.78, 5) is 26.9. The lowest BCUT2D eigenvalue weighted by Gasteiger charge is -2.45. The average molecular weight is 351 g/mol. The zero-order valence-corrected chi connectivity index (χ0v) is 14.5. The van der Waals surface area contributed by atoms with E-state index in [0.717, 1.165) is 12.8 Å². The number of thioether (sulfide) groups is 1. The summed E-state index contributed by atoms with van der Waals surface area (Å²) >= 11 is 1.65. The molecular formula is C14H21N7O2S. The number of carbonyl (C=O) groups excluding carboxylic acids is 2. The number of nitrogens with two attached hydrogens (primary N) is 1. The molecule has 3 fully saturated rings. The molecule has 4 rings (SSSR count). The molecular weight excluding hydrogens is 330 g/mol. The van der Waals surface area contributed by atoms with E-state index in [9.17, 15) is 9.59 Å². The summed E-state index contributed by atoms with van der Waals surface area (Å²) in [5.41, 5.74) is 5.37. The Balaban J connectivity index is 1.52. The van der Waals surface area contributed by atoms with E-state index in [2.05, 4.69) is 39.8 Å². The summed E-state index contributed by atoms with van der Waals surface area (Å²) in [5, 5.41) is 16.7. The Hall–Kier alpha value is -1.68. The second-order valence-electron chi connectivity index (χ2n) is 7.36. The predicted octanol–water partition coefficient (Wildman–Crippen LogP) is -0.309. The van der Waals surface area contributed by atoms with Crippen molar-refractivity contribution in [2.45, 2.75) is 67.3 Å². The van der Waals surface area contributed by atoms with Crippen LogP contribution in [0.25, 0.3) is 0 Å². The van der Waals surface area contributed by atoms with E-state index < -0.39 is 11.6 Å². The number of rotatable bonds is 3. The van der Waals surface area contributed by atoms with Gasteiger partial charge >= 0.3 is 0 Å². The number of H-pyrrole nitrogens is 1. The van der Waals surface area contributed by atoms with Crippen molar-refractivity contribution in [1.82, 2.24) is 30.8 Å². The number of aromatic nitrogens is 4. The standard InChI is InChI=1S/C14H21N7O2S/c1-13(2)8(9-17-19-20-18-9)21-10(22)7(11(21)24-13)16-12(23)14(15)5-3-4-6-14/h7-8,11H,3-6,15H2,1-2H3,(H,16,23)(H,17,18,19,20)/t7?,8?,11-/m0/s1. The Labute approximate surface area is 143 Å². The molecule has 0 radical (unpaired) electrons. The van der Waals surface area contributed by atoms with Gasteiger partial charge in [0.25, 0.3) is 0 Å². The molecule has 0 spiro atoms. The van der Waals surface area contributed by atoms with E-state index in [1.54, 1.807) is 16.7 Å². The van der Waals surface area contributed by atoms with Crippen molar-refractivity contribution in [1.29, 1.82) is 0 Å². The molecule has 10 heteroatoms. The van der Waals surface area contributed by atoms with Crippen LogP contribution in [0.15, 0.2) is 0 Å². The van der Waals surface area contributed by atoms with E-state index in [-0.39, 0.29) is 28.0 Å². The highest BCUT2D eigenvalue weighted by molar-refractivity contribution is 8.01. The maximum absolute atomic E-state index is 12.7. The third-order valence-electron chi connectivity index (χ3n) is 5.30. The molecule has 130 valence electrons. The fourth-order valence-corrected chi connectivity index (χ4v) is 5.63. The summed E-state index contributed by atoms with van der Waals surface area (Å²) in [5.74, 6) is 0.259. The molecule has 4 N–H and O–H groups in total. The molecule has 2 aliphatic heterocycles. The largest absolute Gasteiger partial charge is 0.340 e. The highest BCUT2D eigenvalue weighted by Gasteiger charge is 2.63. The van der Waals surface area contributed by atoms with E-state index in [1.807, 2.05) is 0 Å². The Morgan fingerprint density at radius 2 is 2.12 bits per heavy atom. The van der Waals surface area contributed by atoms with Crippen molar-refractivity contribution in [3.8, 4) is 0 Å². The zero-order valence-electron chi connectivity index (χ0n) is 13.7. The molecule has 1 aromatic heterocycles. The summed E-state index contributed by atoms with van der Waals surface area (Å²) in [6, 6.07) is -0.759. The van der Waals surface area contributed by atoms with Crippen molar-refractivity contribution >= 4 is 23.6 Å². The summed E-state index contributed by atoms with van der Waals surface area (Å²) < 4.78 is -0.255. The second-order valence-corrected chi connectivity index (χ2v) is 9.13. The van der Waals surface area contributed by atoms with Crippen molar-refractivity contribution in [3.05, 3.63) is 5.82 Å². The molecule has 1 aliphatic carbocycles. The van der Waals surface area contributed by atoms with Gasteiger partial charge in [0, 0.05) is 4.75 Å². The molecule has 1 saturated carbocycles. The maximum Gasteiger partial charge on any atom is 0.249 e. The topological polar surface area (TPSA) is 130 Å². The molecule has 2 amide bonds. The fraction of sp³-hybridized carbons (Fsp3) is 0.786. The summed E-state index contributed by atoms with van der Waals surface area (Å²) in [6.07, 6.45) is 3.28. The van der Waals surface area contributed by atoms with Gasteiger partial charge in [-0.3, -0.25) is 9.59 Å². The highest BCUT2D eigenvalue weighted by Crippen LogP contribution is 2.56. The lowest BCUT2D eigenvalue weighted by Crippen LogP contribution is -2.70. The SMILES string of the molecule is CC1(C)S[C@H]2C(NC(=O)C3(N)CCCC3)C(=O)N2C1c1nnn[nH]1. The van der Waals surface area contributed by atoms with Gasteiger partial charge in [-0.1, -0.05) is 12.8 Å². The normalized spacial score (nSPS) is 33.2. The number of β-lactam (4-membered cyclic amide) rings is 1. The lowest BCUT2D eigenvalue weighted by atomic mass is 9.93. The van der Waals surface area contributed by atoms with Gasteiger partial charge in [-0.2, -0.15) is 0 Å². The Morgan fingerprint density at radius 3 is 2.75 bits per heavy atom. The van der Waals surface area contributed by atoms with Crippen LogP contribution in [0, 0.1) is 0 Å². The number of fused-ring (bicyclic) bond motifs is 1.